The zero-order chi connectivity index (χ0) is 18.8. The third kappa shape index (κ3) is 7.68. The Labute approximate surface area is 154 Å². The molecule has 6 nitrogen and oxygen atoms in total. The zero-order valence-electron chi connectivity index (χ0n) is 15.1. The van der Waals surface area contributed by atoms with Crippen molar-refractivity contribution in [2.45, 2.75) is 51.4 Å². The van der Waals surface area contributed by atoms with Gasteiger partial charge in [-0.1, -0.05) is 31.4 Å². The van der Waals surface area contributed by atoms with Crippen LogP contribution in [0.3, 0.4) is 0 Å². The van der Waals surface area contributed by atoms with Gasteiger partial charge in [0, 0.05) is 30.3 Å². The van der Waals surface area contributed by atoms with Crippen LogP contribution in [0.1, 0.15) is 51.4 Å². The molecule has 1 aliphatic carbocycles. The van der Waals surface area contributed by atoms with Gasteiger partial charge in [0.2, 0.25) is 5.91 Å². The number of hydrogen-bond donors (Lipinski definition) is 1. The predicted molar refractivity (Wildman–Crippen MR) is 96.8 cm³/mol. The van der Waals surface area contributed by atoms with E-state index in [2.05, 4.69) is 11.9 Å². The molecule has 1 amide bonds. The summed E-state index contributed by atoms with van der Waals surface area (Å²) in [5, 5.41) is 2.63. The van der Waals surface area contributed by atoms with Crippen molar-refractivity contribution >= 4 is 17.8 Å². The smallest absolute Gasteiger partial charge is 0.331 e. The Balaban J connectivity index is 1.57. The molecule has 2 rings (SSSR count). The topological polar surface area (TPSA) is 81.7 Å². The first-order valence-corrected chi connectivity index (χ1v) is 9.22. The summed E-state index contributed by atoms with van der Waals surface area (Å²) in [5.74, 6) is -0.799. The number of rotatable bonds is 8. The van der Waals surface area contributed by atoms with Gasteiger partial charge in [0.15, 0.2) is 0 Å². The minimum Gasteiger partial charge on any atom is -0.463 e. The van der Waals surface area contributed by atoms with Crippen LogP contribution in [0.4, 0.5) is 0 Å². The van der Waals surface area contributed by atoms with E-state index in [1.165, 1.54) is 19.3 Å². The Kier molecular flexibility index (Phi) is 8.12. The number of carbonyl (C=O) groups excluding carboxylic acids is 3. The maximum atomic E-state index is 11.6. The second-order valence-electron chi connectivity index (χ2n) is 6.81. The average Bonchev–Trinajstić information content (AvgIpc) is 2.62. The van der Waals surface area contributed by atoms with Gasteiger partial charge in [-0.25, -0.2) is 9.59 Å². The standard InChI is InChI=1S/C20H27NO5/c1-15-12-17(13-18(22)21-15)8-5-11-25-19(23)9-10-20(24)26-14-16-6-3-2-4-7-16/h9-10,13,16H,1-8,11-12,14H2,(H,21,22)/b10-9+. The van der Waals surface area contributed by atoms with E-state index in [1.54, 1.807) is 6.08 Å². The van der Waals surface area contributed by atoms with Crippen LogP contribution in [0.2, 0.25) is 0 Å². The van der Waals surface area contributed by atoms with Crippen LogP contribution in [0.15, 0.2) is 36.1 Å². The molecular formula is C20H27NO5. The van der Waals surface area contributed by atoms with Crippen molar-refractivity contribution in [2.24, 2.45) is 5.92 Å². The average molecular weight is 361 g/mol. The molecule has 0 atom stereocenters. The molecule has 0 aromatic rings. The van der Waals surface area contributed by atoms with Crippen molar-refractivity contribution < 1.29 is 23.9 Å². The number of carbonyl (C=O) groups is 3. The molecule has 0 unspecified atom stereocenters. The predicted octanol–water partition coefficient (Wildman–Crippen LogP) is 2.95. The lowest BCUT2D eigenvalue weighted by Crippen LogP contribution is -2.24. The van der Waals surface area contributed by atoms with Crippen LogP contribution in [0, 0.1) is 5.92 Å². The van der Waals surface area contributed by atoms with E-state index in [0.29, 0.717) is 37.5 Å². The van der Waals surface area contributed by atoms with Crippen LogP contribution in [0.5, 0.6) is 0 Å². The number of esters is 2. The molecule has 1 fully saturated rings. The number of allylic oxidation sites excluding steroid dienone is 1. The molecule has 0 radical (unpaired) electrons. The molecule has 0 aromatic heterocycles. The molecule has 1 heterocycles. The fraction of sp³-hybridized carbons (Fsp3) is 0.550. The van der Waals surface area contributed by atoms with Crippen molar-refractivity contribution in [3.05, 3.63) is 36.1 Å². The number of ether oxygens (including phenoxy) is 2. The van der Waals surface area contributed by atoms with Crippen LogP contribution in [-0.2, 0) is 23.9 Å². The summed E-state index contributed by atoms with van der Waals surface area (Å²) in [6.07, 6.45) is 11.5. The van der Waals surface area contributed by atoms with E-state index >= 15 is 0 Å². The summed E-state index contributed by atoms with van der Waals surface area (Å²) in [6.45, 7) is 4.40. The van der Waals surface area contributed by atoms with E-state index in [-0.39, 0.29) is 12.5 Å². The summed E-state index contributed by atoms with van der Waals surface area (Å²) in [7, 11) is 0. The Morgan fingerprint density at radius 3 is 2.54 bits per heavy atom. The highest BCUT2D eigenvalue weighted by molar-refractivity contribution is 5.91. The summed E-state index contributed by atoms with van der Waals surface area (Å²) in [4.78, 5) is 34.6. The van der Waals surface area contributed by atoms with E-state index in [0.717, 1.165) is 30.6 Å². The normalized spacial score (nSPS) is 18.4. The van der Waals surface area contributed by atoms with Crippen molar-refractivity contribution in [2.75, 3.05) is 13.2 Å². The Morgan fingerprint density at radius 2 is 1.85 bits per heavy atom. The van der Waals surface area contributed by atoms with Crippen molar-refractivity contribution in [3.8, 4) is 0 Å². The highest BCUT2D eigenvalue weighted by Gasteiger charge is 2.15. The summed E-state index contributed by atoms with van der Waals surface area (Å²) in [6, 6.07) is 0. The highest BCUT2D eigenvalue weighted by atomic mass is 16.5. The molecule has 0 spiro atoms. The molecule has 142 valence electrons. The minimum absolute atomic E-state index is 0.164. The fourth-order valence-corrected chi connectivity index (χ4v) is 3.18. The first-order valence-electron chi connectivity index (χ1n) is 9.22. The van der Waals surface area contributed by atoms with E-state index in [4.69, 9.17) is 9.47 Å². The van der Waals surface area contributed by atoms with Gasteiger partial charge in [-0.2, -0.15) is 0 Å². The largest absolute Gasteiger partial charge is 0.463 e. The summed E-state index contributed by atoms with van der Waals surface area (Å²) in [5.41, 5.74) is 1.65. The molecule has 1 N–H and O–H groups in total. The monoisotopic (exact) mass is 361 g/mol. The van der Waals surface area contributed by atoms with Gasteiger partial charge in [0.05, 0.1) is 13.2 Å². The number of amides is 1. The summed E-state index contributed by atoms with van der Waals surface area (Å²) >= 11 is 0. The fourth-order valence-electron chi connectivity index (χ4n) is 3.18. The van der Waals surface area contributed by atoms with Gasteiger partial charge in [0.25, 0.3) is 0 Å². The van der Waals surface area contributed by atoms with E-state index in [9.17, 15) is 14.4 Å². The maximum absolute atomic E-state index is 11.6. The first-order chi connectivity index (χ1) is 12.5. The van der Waals surface area contributed by atoms with Gasteiger partial charge < -0.3 is 14.8 Å². The molecule has 1 saturated carbocycles. The van der Waals surface area contributed by atoms with Gasteiger partial charge in [0.1, 0.15) is 0 Å². The first kappa shape index (κ1) is 19.9. The quantitative estimate of drug-likeness (QED) is 0.408. The molecule has 26 heavy (non-hydrogen) atoms. The number of nitrogens with one attached hydrogen (secondary N) is 1. The lowest BCUT2D eigenvalue weighted by molar-refractivity contribution is -0.141. The highest BCUT2D eigenvalue weighted by Crippen LogP contribution is 2.23. The SMILES string of the molecule is C=C1CC(CCCOC(=O)/C=C/C(=O)OCC2CCCCC2)=CC(=O)N1. The van der Waals surface area contributed by atoms with Crippen molar-refractivity contribution in [3.63, 3.8) is 0 Å². The van der Waals surface area contributed by atoms with Crippen LogP contribution < -0.4 is 5.32 Å². The van der Waals surface area contributed by atoms with Crippen molar-refractivity contribution in [1.82, 2.24) is 5.32 Å². The van der Waals surface area contributed by atoms with Crippen LogP contribution in [-0.4, -0.2) is 31.1 Å². The van der Waals surface area contributed by atoms with E-state index in [1.807, 2.05) is 0 Å². The van der Waals surface area contributed by atoms with E-state index < -0.39 is 11.9 Å². The van der Waals surface area contributed by atoms with Crippen molar-refractivity contribution in [1.29, 1.82) is 0 Å². The lowest BCUT2D eigenvalue weighted by atomic mass is 9.90. The Bertz CT molecular complexity index is 599. The third-order valence-corrected chi connectivity index (χ3v) is 4.50. The molecule has 1 aliphatic heterocycles. The lowest BCUT2D eigenvalue weighted by Gasteiger charge is -2.20. The molecule has 6 heteroatoms. The van der Waals surface area contributed by atoms with Gasteiger partial charge in [-0.15, -0.1) is 0 Å². The molecular weight excluding hydrogens is 334 g/mol. The van der Waals surface area contributed by atoms with Gasteiger partial charge in [-0.3, -0.25) is 4.79 Å². The number of hydrogen-bond acceptors (Lipinski definition) is 5. The minimum atomic E-state index is -0.570. The molecule has 0 bridgehead atoms. The van der Waals surface area contributed by atoms with Crippen LogP contribution in [0.25, 0.3) is 0 Å². The third-order valence-electron chi connectivity index (χ3n) is 4.50. The second kappa shape index (κ2) is 10.6. The molecule has 2 aliphatic rings. The van der Waals surface area contributed by atoms with Gasteiger partial charge >= 0.3 is 11.9 Å². The Morgan fingerprint density at radius 1 is 1.15 bits per heavy atom. The summed E-state index contributed by atoms with van der Waals surface area (Å²) < 4.78 is 10.2. The van der Waals surface area contributed by atoms with Gasteiger partial charge in [-0.05, 0) is 31.6 Å². The zero-order valence-corrected chi connectivity index (χ0v) is 15.1. The van der Waals surface area contributed by atoms with Crippen LogP contribution >= 0.6 is 0 Å². The second-order valence-corrected chi connectivity index (χ2v) is 6.81. The molecule has 0 aromatic carbocycles. The molecule has 0 saturated heterocycles. The Hall–Kier alpha value is -2.37. The maximum Gasteiger partial charge on any atom is 0.331 e.